The Morgan fingerprint density at radius 1 is 1.30 bits per heavy atom. The first-order chi connectivity index (χ1) is 9.32. The van der Waals surface area contributed by atoms with E-state index in [9.17, 15) is 18.0 Å². The van der Waals surface area contributed by atoms with Gasteiger partial charge in [-0.1, -0.05) is 0 Å². The van der Waals surface area contributed by atoms with Crippen molar-refractivity contribution in [3.63, 3.8) is 0 Å². The lowest BCUT2D eigenvalue weighted by Crippen LogP contribution is -2.12. The number of alkyl halides is 3. The molecule has 0 saturated carbocycles. The Morgan fingerprint density at radius 2 is 2.00 bits per heavy atom. The van der Waals surface area contributed by atoms with E-state index in [0.717, 1.165) is 24.3 Å². The van der Waals surface area contributed by atoms with Gasteiger partial charge in [-0.25, -0.2) is 0 Å². The average Bonchev–Trinajstić information content (AvgIpc) is 2.37. The minimum absolute atomic E-state index is 0.00578. The van der Waals surface area contributed by atoms with Crippen LogP contribution < -0.4 is 5.56 Å². The van der Waals surface area contributed by atoms with Crippen LogP contribution in [0.2, 0.25) is 0 Å². The Labute approximate surface area is 115 Å². The maximum absolute atomic E-state index is 12.6. The van der Waals surface area contributed by atoms with Crippen LogP contribution in [0.5, 0.6) is 0 Å². The molecule has 4 nitrogen and oxygen atoms in total. The summed E-state index contributed by atoms with van der Waals surface area (Å²) in [4.78, 5) is 13.4. The predicted octanol–water partition coefficient (Wildman–Crippen LogP) is 2.79. The number of halogens is 3. The standard InChI is InChI=1S/C12H6F3N3OS/c13-12(14,15)8-1-2-9(7(5-8)6-16)18-4-3-10(19)17-11(18)20/h1-5H,(H,17,19,20). The topological polar surface area (TPSA) is 61.6 Å². The Balaban J connectivity index is 2.67. The molecule has 0 spiro atoms. The third-order valence-electron chi connectivity index (χ3n) is 2.53. The van der Waals surface area contributed by atoms with Crippen LogP contribution in [-0.2, 0) is 6.18 Å². The van der Waals surface area contributed by atoms with E-state index >= 15 is 0 Å². The highest BCUT2D eigenvalue weighted by molar-refractivity contribution is 7.71. The molecule has 0 radical (unpaired) electrons. The first kappa shape index (κ1) is 14.0. The monoisotopic (exact) mass is 297 g/mol. The van der Waals surface area contributed by atoms with Gasteiger partial charge in [-0.05, 0) is 30.4 Å². The molecule has 8 heteroatoms. The van der Waals surface area contributed by atoms with E-state index in [2.05, 4.69) is 4.98 Å². The predicted molar refractivity (Wildman–Crippen MR) is 66.9 cm³/mol. The van der Waals surface area contributed by atoms with Crippen LogP contribution in [-0.4, -0.2) is 9.55 Å². The zero-order chi connectivity index (χ0) is 14.9. The third kappa shape index (κ3) is 2.62. The van der Waals surface area contributed by atoms with Gasteiger partial charge in [-0.15, -0.1) is 0 Å². The lowest BCUT2D eigenvalue weighted by molar-refractivity contribution is -0.137. The van der Waals surface area contributed by atoms with Gasteiger partial charge in [-0.3, -0.25) is 14.3 Å². The Morgan fingerprint density at radius 3 is 2.55 bits per heavy atom. The maximum Gasteiger partial charge on any atom is 0.416 e. The number of hydrogen-bond acceptors (Lipinski definition) is 3. The molecule has 0 bridgehead atoms. The number of nitriles is 1. The molecule has 0 amide bonds. The van der Waals surface area contributed by atoms with Gasteiger partial charge < -0.3 is 0 Å². The molecule has 0 fully saturated rings. The zero-order valence-corrected chi connectivity index (χ0v) is 10.5. The third-order valence-corrected chi connectivity index (χ3v) is 2.83. The van der Waals surface area contributed by atoms with Crippen LogP contribution in [0.1, 0.15) is 11.1 Å². The van der Waals surface area contributed by atoms with Gasteiger partial charge in [0.15, 0.2) is 4.77 Å². The largest absolute Gasteiger partial charge is 0.416 e. The lowest BCUT2D eigenvalue weighted by atomic mass is 10.1. The van der Waals surface area contributed by atoms with Crippen molar-refractivity contribution in [2.24, 2.45) is 0 Å². The lowest BCUT2D eigenvalue weighted by Gasteiger charge is -2.11. The fourth-order valence-corrected chi connectivity index (χ4v) is 1.88. The first-order valence-electron chi connectivity index (χ1n) is 5.26. The highest BCUT2D eigenvalue weighted by Gasteiger charge is 2.31. The normalized spacial score (nSPS) is 11.1. The minimum atomic E-state index is -4.53. The molecule has 2 rings (SSSR count). The molecule has 0 aliphatic rings. The highest BCUT2D eigenvalue weighted by atomic mass is 32.1. The quantitative estimate of drug-likeness (QED) is 0.823. The number of aromatic nitrogens is 2. The van der Waals surface area contributed by atoms with E-state index in [0.29, 0.717) is 0 Å². The molecule has 0 saturated heterocycles. The molecule has 1 aromatic heterocycles. The molecular weight excluding hydrogens is 291 g/mol. The van der Waals surface area contributed by atoms with E-state index in [1.54, 1.807) is 6.07 Å². The molecular formula is C12H6F3N3OS. The summed E-state index contributed by atoms with van der Waals surface area (Å²) in [6, 6.07) is 5.57. The summed E-state index contributed by atoms with van der Waals surface area (Å²) in [5.41, 5.74) is -1.38. The summed E-state index contributed by atoms with van der Waals surface area (Å²) >= 11 is 4.91. The van der Waals surface area contributed by atoms with Gasteiger partial charge in [-0.2, -0.15) is 18.4 Å². The van der Waals surface area contributed by atoms with Crippen LogP contribution >= 0.6 is 12.2 Å². The molecule has 1 N–H and O–H groups in total. The molecule has 0 unspecified atom stereocenters. The van der Waals surface area contributed by atoms with E-state index in [1.807, 2.05) is 0 Å². The van der Waals surface area contributed by atoms with Crippen molar-refractivity contribution in [1.82, 2.24) is 9.55 Å². The Kier molecular flexibility index (Phi) is 3.46. The fourth-order valence-electron chi connectivity index (χ4n) is 1.62. The van der Waals surface area contributed by atoms with Crippen molar-refractivity contribution in [2.45, 2.75) is 6.18 Å². The van der Waals surface area contributed by atoms with Gasteiger partial charge in [0.2, 0.25) is 0 Å². The number of nitrogens with one attached hydrogen (secondary N) is 1. The Bertz CT molecular complexity index is 814. The molecule has 1 heterocycles. The SMILES string of the molecule is N#Cc1cc(C(F)(F)F)ccc1-n1ccc(=O)[nH]c1=S. The van der Waals surface area contributed by atoms with Gasteiger partial charge in [0.1, 0.15) is 6.07 Å². The number of nitrogens with zero attached hydrogens (tertiary/aromatic N) is 2. The molecule has 0 aliphatic carbocycles. The van der Waals surface area contributed by atoms with Crippen molar-refractivity contribution in [1.29, 1.82) is 5.26 Å². The van der Waals surface area contributed by atoms with Crippen molar-refractivity contribution >= 4 is 12.2 Å². The maximum atomic E-state index is 12.6. The highest BCUT2D eigenvalue weighted by Crippen LogP contribution is 2.31. The number of aromatic amines is 1. The number of H-pyrrole nitrogens is 1. The van der Waals surface area contributed by atoms with Crippen molar-refractivity contribution < 1.29 is 13.2 Å². The van der Waals surface area contributed by atoms with Crippen LogP contribution in [0.4, 0.5) is 13.2 Å². The number of hydrogen-bond donors (Lipinski definition) is 1. The molecule has 1 aromatic carbocycles. The number of benzene rings is 1. The van der Waals surface area contributed by atoms with E-state index < -0.39 is 17.3 Å². The second kappa shape index (κ2) is 4.94. The molecule has 0 aliphatic heterocycles. The van der Waals surface area contributed by atoms with Gasteiger partial charge in [0.25, 0.3) is 5.56 Å². The summed E-state index contributed by atoms with van der Waals surface area (Å²) in [5.74, 6) is 0. The van der Waals surface area contributed by atoms with Gasteiger partial charge >= 0.3 is 6.18 Å². The van der Waals surface area contributed by atoms with Crippen LogP contribution in [0.3, 0.4) is 0 Å². The summed E-state index contributed by atoms with van der Waals surface area (Å²) in [6.07, 6.45) is -3.23. The minimum Gasteiger partial charge on any atom is -0.299 e. The molecule has 0 atom stereocenters. The Hall–Kier alpha value is -2.40. The summed E-state index contributed by atoms with van der Waals surface area (Å²) in [7, 11) is 0. The zero-order valence-electron chi connectivity index (χ0n) is 9.73. The van der Waals surface area contributed by atoms with Gasteiger partial charge in [0.05, 0.1) is 16.8 Å². The second-order valence-electron chi connectivity index (χ2n) is 3.82. The van der Waals surface area contributed by atoms with Crippen molar-refractivity contribution in [3.8, 4) is 11.8 Å². The van der Waals surface area contributed by atoms with Crippen LogP contribution in [0.25, 0.3) is 5.69 Å². The number of rotatable bonds is 1. The van der Waals surface area contributed by atoms with Crippen LogP contribution in [0.15, 0.2) is 35.3 Å². The molecule has 20 heavy (non-hydrogen) atoms. The molecule has 102 valence electrons. The van der Waals surface area contributed by atoms with Crippen LogP contribution in [0, 0.1) is 16.1 Å². The van der Waals surface area contributed by atoms with Gasteiger partial charge in [0, 0.05) is 12.3 Å². The summed E-state index contributed by atoms with van der Waals surface area (Å²) in [6.45, 7) is 0. The first-order valence-corrected chi connectivity index (χ1v) is 5.67. The summed E-state index contributed by atoms with van der Waals surface area (Å²) in [5, 5.41) is 8.98. The van der Waals surface area contributed by atoms with E-state index in [4.69, 9.17) is 17.5 Å². The van der Waals surface area contributed by atoms with E-state index in [1.165, 1.54) is 10.8 Å². The van der Waals surface area contributed by atoms with Crippen molar-refractivity contribution in [3.05, 3.63) is 56.7 Å². The van der Waals surface area contributed by atoms with Crippen molar-refractivity contribution in [2.75, 3.05) is 0 Å². The average molecular weight is 297 g/mol. The summed E-state index contributed by atoms with van der Waals surface area (Å²) < 4.78 is 39.0. The second-order valence-corrected chi connectivity index (χ2v) is 4.21. The fraction of sp³-hybridized carbons (Fsp3) is 0.0833. The van der Waals surface area contributed by atoms with E-state index in [-0.39, 0.29) is 16.0 Å². The molecule has 2 aromatic rings. The smallest absolute Gasteiger partial charge is 0.299 e.